The molecule has 0 aliphatic heterocycles. The van der Waals surface area contributed by atoms with Gasteiger partial charge in [-0.25, -0.2) is 15.0 Å². The highest BCUT2D eigenvalue weighted by Crippen LogP contribution is 2.43. The first kappa shape index (κ1) is 33.1. The number of hydrogen-bond acceptors (Lipinski definition) is 5. The number of fused-ring (bicyclic) bond motifs is 6. The number of furan rings is 2. The molecule has 55 heavy (non-hydrogen) atoms. The lowest BCUT2D eigenvalue weighted by atomic mass is 9.59. The molecule has 0 N–H and O–H groups in total. The van der Waals surface area contributed by atoms with Gasteiger partial charge in [-0.1, -0.05) is 126 Å². The smallest absolute Gasteiger partial charge is 0.167 e. The van der Waals surface area contributed by atoms with E-state index in [4.69, 9.17) is 63.0 Å². The third-order valence-corrected chi connectivity index (χ3v) is 10.2. The van der Waals surface area contributed by atoms with E-state index in [1.54, 1.807) is 0 Å². The van der Waals surface area contributed by atoms with E-state index in [1.807, 2.05) is 91.0 Å². The largest absolute Gasteiger partial charge is 0.455 e. The summed E-state index contributed by atoms with van der Waals surface area (Å²) >= 11 is 0. The van der Waals surface area contributed by atoms with Gasteiger partial charge in [-0.15, -0.1) is 16.4 Å². The highest BCUT2D eigenvalue weighted by molar-refractivity contribution is 6.68. The van der Waals surface area contributed by atoms with Crippen LogP contribution in [0.4, 0.5) is 0 Å². The fourth-order valence-corrected chi connectivity index (χ4v) is 7.48. The van der Waals surface area contributed by atoms with Crippen LogP contribution in [0.25, 0.3) is 100 Å². The summed E-state index contributed by atoms with van der Waals surface area (Å²) in [4.78, 5) is 15.0. The maximum atomic E-state index is 6.87. The van der Waals surface area contributed by atoms with Crippen LogP contribution in [0.1, 0.15) is 0 Å². The van der Waals surface area contributed by atoms with E-state index in [-0.39, 0.29) is 27.3 Å². The Morgan fingerprint density at radius 1 is 0.345 bits per heavy atom. The van der Waals surface area contributed by atoms with Gasteiger partial charge in [0.1, 0.15) is 61.6 Å². The average molecular weight is 691 g/mol. The second kappa shape index (κ2) is 12.8. The van der Waals surface area contributed by atoms with E-state index in [1.165, 1.54) is 0 Å². The third-order valence-electron chi connectivity index (χ3n) is 10.2. The first-order chi connectivity index (χ1) is 26.9. The third kappa shape index (κ3) is 5.27. The normalized spacial score (nSPS) is 11.6. The molecule has 244 valence electrons. The fraction of sp³-hybridized carbons (Fsp3) is 0. The van der Waals surface area contributed by atoms with Crippen LogP contribution in [0.5, 0.6) is 0 Å². The van der Waals surface area contributed by atoms with Crippen LogP contribution >= 0.6 is 0 Å². The van der Waals surface area contributed by atoms with Crippen LogP contribution in [0, 0.1) is 0 Å². The van der Waals surface area contributed by atoms with Crippen LogP contribution in [0.3, 0.4) is 0 Å². The molecule has 0 saturated heterocycles. The van der Waals surface area contributed by atoms with Gasteiger partial charge in [0.2, 0.25) is 0 Å². The van der Waals surface area contributed by atoms with E-state index in [9.17, 15) is 0 Å². The van der Waals surface area contributed by atoms with Crippen LogP contribution < -0.4 is 27.3 Å². The summed E-state index contributed by atoms with van der Waals surface area (Å²) in [6.45, 7) is 0. The number of benzene rings is 7. The predicted molar refractivity (Wildman–Crippen MR) is 229 cm³/mol. The summed E-state index contributed by atoms with van der Waals surface area (Å²) < 4.78 is 13.3. The maximum absolute atomic E-state index is 6.87. The molecule has 0 aliphatic carbocycles. The van der Waals surface area contributed by atoms with Gasteiger partial charge in [-0.3, -0.25) is 0 Å². The molecule has 5 nitrogen and oxygen atoms in total. The van der Waals surface area contributed by atoms with Crippen molar-refractivity contribution in [3.05, 3.63) is 133 Å². The van der Waals surface area contributed by atoms with Crippen molar-refractivity contribution < 1.29 is 8.83 Å². The molecule has 0 spiro atoms. The summed E-state index contributed by atoms with van der Waals surface area (Å²) in [5.74, 6) is 1.38. The molecule has 0 atom stereocenters. The summed E-state index contributed by atoms with van der Waals surface area (Å²) in [6.07, 6.45) is 0. The second-order valence-corrected chi connectivity index (χ2v) is 13.4. The Bertz CT molecular complexity index is 3150. The highest BCUT2D eigenvalue weighted by Gasteiger charge is 2.21. The molecule has 3 aromatic heterocycles. The Kier molecular flexibility index (Phi) is 7.70. The number of para-hydroxylation sites is 4. The summed E-state index contributed by atoms with van der Waals surface area (Å²) in [6, 6.07) is 43.8. The molecular weight excluding hydrogens is 669 g/mol. The van der Waals surface area contributed by atoms with Crippen molar-refractivity contribution in [2.24, 2.45) is 0 Å². The topological polar surface area (TPSA) is 65.0 Å². The summed E-state index contributed by atoms with van der Waals surface area (Å²) in [5.41, 5.74) is 9.31. The first-order valence-electron chi connectivity index (χ1n) is 17.6. The number of aromatic nitrogens is 3. The molecule has 7 aromatic carbocycles. The van der Waals surface area contributed by atoms with Crippen molar-refractivity contribution in [2.75, 3.05) is 0 Å². The lowest BCUT2D eigenvalue weighted by molar-refractivity contribution is 0.665. The van der Waals surface area contributed by atoms with Crippen molar-refractivity contribution in [2.45, 2.75) is 0 Å². The van der Waals surface area contributed by atoms with Gasteiger partial charge in [0.05, 0.1) is 5.56 Å². The zero-order chi connectivity index (χ0) is 37.4. The van der Waals surface area contributed by atoms with Crippen molar-refractivity contribution in [1.29, 1.82) is 0 Å². The van der Waals surface area contributed by atoms with E-state index in [0.717, 1.165) is 55.0 Å². The van der Waals surface area contributed by atoms with Crippen LogP contribution in [-0.2, 0) is 0 Å². The van der Waals surface area contributed by atoms with Gasteiger partial charge in [-0.2, -0.15) is 0 Å². The Morgan fingerprint density at radius 3 is 1.49 bits per heavy atom. The quantitative estimate of drug-likeness (QED) is 0.208. The molecule has 0 bridgehead atoms. The van der Waals surface area contributed by atoms with Gasteiger partial charge in [0, 0.05) is 43.8 Å². The van der Waals surface area contributed by atoms with Gasteiger partial charge >= 0.3 is 0 Å². The van der Waals surface area contributed by atoms with E-state index >= 15 is 0 Å². The van der Waals surface area contributed by atoms with Crippen molar-refractivity contribution in [1.82, 2.24) is 15.0 Å². The molecule has 10 radical (unpaired) electrons. The Balaban J connectivity index is 1.17. The SMILES string of the molecule is [B]c1c([B])c([B])c(-c2cccc(-c3nc(-c4ccccc4)nc(-c4cccc5c4oc4c(-c6cccc7c6oc6ccccc67)cccc45)n3)c2)c([B])c1[B]. The molecule has 3 heterocycles. The molecule has 10 rings (SSSR count). The lowest BCUT2D eigenvalue weighted by Gasteiger charge is -2.21. The number of hydrogen-bond donors (Lipinski definition) is 0. The minimum absolute atomic E-state index is 0.156. The molecule has 10 heteroatoms. The van der Waals surface area contributed by atoms with Gasteiger partial charge < -0.3 is 8.83 Å². The first-order valence-corrected chi connectivity index (χ1v) is 17.6. The maximum Gasteiger partial charge on any atom is 0.167 e. The Hall–Kier alpha value is -6.53. The molecule has 0 saturated carbocycles. The van der Waals surface area contributed by atoms with Gasteiger partial charge in [-0.05, 0) is 29.3 Å². The summed E-state index contributed by atoms with van der Waals surface area (Å²) in [5, 5.41) is 4.01. The minimum Gasteiger partial charge on any atom is -0.455 e. The molecule has 0 fully saturated rings. The minimum atomic E-state index is 0.156. The Morgan fingerprint density at radius 2 is 0.800 bits per heavy atom. The molecule has 0 unspecified atom stereocenters. The molecule has 0 aliphatic rings. The van der Waals surface area contributed by atoms with Crippen LogP contribution in [-0.4, -0.2) is 54.2 Å². The molecule has 0 amide bonds. The van der Waals surface area contributed by atoms with E-state index < -0.39 is 0 Å². The summed E-state index contributed by atoms with van der Waals surface area (Å²) in [7, 11) is 31.5. The lowest BCUT2D eigenvalue weighted by Crippen LogP contribution is -2.55. The van der Waals surface area contributed by atoms with Crippen molar-refractivity contribution in [3.8, 4) is 56.4 Å². The number of rotatable bonds is 5. The van der Waals surface area contributed by atoms with Gasteiger partial charge in [0.25, 0.3) is 0 Å². The second-order valence-electron chi connectivity index (χ2n) is 13.4. The highest BCUT2D eigenvalue weighted by atomic mass is 16.3. The fourth-order valence-electron chi connectivity index (χ4n) is 7.48. The van der Waals surface area contributed by atoms with E-state index in [0.29, 0.717) is 45.3 Å². The van der Waals surface area contributed by atoms with Crippen LogP contribution in [0.2, 0.25) is 0 Å². The number of nitrogens with zero attached hydrogens (tertiary/aromatic N) is 3. The zero-order valence-corrected chi connectivity index (χ0v) is 29.2. The monoisotopic (exact) mass is 691 g/mol. The standard InChI is InChI=1S/C45H22B5N3O2/c46-35-34(36(47)38(49)39(50)37(35)48)24-12-6-13-25(22-24)44-51-43(23-10-2-1-3-11-23)52-45(53-44)32-20-9-19-31-30-18-8-17-29(41(30)55-42(31)32)28-16-7-15-27-26-14-4-5-21-33(26)54-40(27)28/h1-22H. The van der Waals surface area contributed by atoms with Gasteiger partial charge in [0.15, 0.2) is 17.5 Å². The van der Waals surface area contributed by atoms with Crippen molar-refractivity contribution in [3.63, 3.8) is 0 Å². The average Bonchev–Trinajstić information content (AvgIpc) is 3.82. The van der Waals surface area contributed by atoms with Crippen LogP contribution in [0.15, 0.2) is 142 Å². The zero-order valence-electron chi connectivity index (χ0n) is 29.2. The van der Waals surface area contributed by atoms with Crippen molar-refractivity contribution >= 4 is 110 Å². The Labute approximate surface area is 322 Å². The molecular formula is C45H22B5N3O2. The predicted octanol–water partition coefficient (Wildman–Crippen LogP) is 5.97. The molecule has 10 aromatic rings. The van der Waals surface area contributed by atoms with E-state index in [2.05, 4.69) is 42.5 Å².